The first-order valence-corrected chi connectivity index (χ1v) is 7.65. The van der Waals surface area contributed by atoms with Gasteiger partial charge in [-0.25, -0.2) is 0 Å². The average molecular weight is 251 g/mol. The highest BCUT2D eigenvalue weighted by Crippen LogP contribution is 2.41. The molecule has 3 saturated heterocycles. The molecule has 2 atom stereocenters. The molecule has 3 fully saturated rings. The summed E-state index contributed by atoms with van der Waals surface area (Å²) in [5, 5.41) is 0. The lowest BCUT2D eigenvalue weighted by molar-refractivity contribution is 0.161. The molecule has 0 N–H and O–H groups in total. The van der Waals surface area contributed by atoms with Gasteiger partial charge in [0, 0.05) is 32.7 Å². The number of hydrogen-bond donors (Lipinski definition) is 0. The van der Waals surface area contributed by atoms with Crippen LogP contribution in [-0.2, 0) is 0 Å². The molecule has 0 aromatic rings. The standard InChI is InChI=1S/C15H29N3/c1-15-11-17(3)9-14(15)10-18(12-15)8-13-4-6-16(2)7-5-13/h13-14H,4-12H2,1-3H3. The molecule has 3 heterocycles. The van der Waals surface area contributed by atoms with E-state index in [-0.39, 0.29) is 0 Å². The highest BCUT2D eigenvalue weighted by molar-refractivity contribution is 5.01. The van der Waals surface area contributed by atoms with E-state index in [9.17, 15) is 0 Å². The van der Waals surface area contributed by atoms with Crippen LogP contribution in [0, 0.1) is 17.3 Å². The minimum atomic E-state index is 0.584. The van der Waals surface area contributed by atoms with E-state index >= 15 is 0 Å². The van der Waals surface area contributed by atoms with Crippen LogP contribution in [0.5, 0.6) is 0 Å². The van der Waals surface area contributed by atoms with Crippen molar-refractivity contribution in [3.05, 3.63) is 0 Å². The lowest BCUT2D eigenvalue weighted by Gasteiger charge is -2.32. The van der Waals surface area contributed by atoms with Crippen molar-refractivity contribution in [2.75, 3.05) is 59.9 Å². The van der Waals surface area contributed by atoms with Crippen LogP contribution in [0.25, 0.3) is 0 Å². The first-order chi connectivity index (χ1) is 8.55. The molecule has 0 amide bonds. The summed E-state index contributed by atoms with van der Waals surface area (Å²) in [6, 6.07) is 0. The van der Waals surface area contributed by atoms with Gasteiger partial charge in [0.15, 0.2) is 0 Å². The Labute approximate surface area is 112 Å². The van der Waals surface area contributed by atoms with E-state index in [4.69, 9.17) is 0 Å². The summed E-state index contributed by atoms with van der Waals surface area (Å²) in [4.78, 5) is 7.77. The fourth-order valence-corrected chi connectivity index (χ4v) is 4.50. The summed E-state index contributed by atoms with van der Waals surface area (Å²) in [6.45, 7) is 11.8. The zero-order chi connectivity index (χ0) is 12.8. The third kappa shape index (κ3) is 2.45. The van der Waals surface area contributed by atoms with Gasteiger partial charge < -0.3 is 14.7 Å². The van der Waals surface area contributed by atoms with Gasteiger partial charge in [-0.05, 0) is 57.3 Å². The second kappa shape index (κ2) is 4.77. The van der Waals surface area contributed by atoms with E-state index in [2.05, 4.69) is 35.7 Å². The second-order valence-electron chi connectivity index (χ2n) is 7.49. The molecule has 3 aliphatic rings. The third-order valence-corrected chi connectivity index (χ3v) is 5.57. The predicted octanol–water partition coefficient (Wildman–Crippen LogP) is 1.21. The van der Waals surface area contributed by atoms with E-state index in [0.29, 0.717) is 5.41 Å². The molecule has 18 heavy (non-hydrogen) atoms. The molecule has 0 radical (unpaired) electrons. The Morgan fingerprint density at radius 2 is 1.72 bits per heavy atom. The largest absolute Gasteiger partial charge is 0.306 e. The van der Waals surface area contributed by atoms with Gasteiger partial charge in [0.05, 0.1) is 0 Å². The number of piperidine rings is 1. The first-order valence-electron chi connectivity index (χ1n) is 7.65. The smallest absolute Gasteiger partial charge is 0.00515 e. The van der Waals surface area contributed by atoms with Crippen molar-refractivity contribution in [2.45, 2.75) is 19.8 Å². The normalized spacial score (nSPS) is 40.5. The van der Waals surface area contributed by atoms with E-state index in [0.717, 1.165) is 11.8 Å². The summed E-state index contributed by atoms with van der Waals surface area (Å²) >= 11 is 0. The predicted molar refractivity (Wildman–Crippen MR) is 75.8 cm³/mol. The summed E-state index contributed by atoms with van der Waals surface area (Å²) in [5.41, 5.74) is 0.584. The fourth-order valence-electron chi connectivity index (χ4n) is 4.50. The minimum Gasteiger partial charge on any atom is -0.306 e. The molecular formula is C15H29N3. The SMILES string of the molecule is CN1CCC(CN2CC3CN(C)CC3(C)C2)CC1. The van der Waals surface area contributed by atoms with Crippen molar-refractivity contribution in [1.29, 1.82) is 0 Å². The van der Waals surface area contributed by atoms with Crippen molar-refractivity contribution >= 4 is 0 Å². The Bertz CT molecular complexity index is 298. The summed E-state index contributed by atoms with van der Waals surface area (Å²) in [7, 11) is 4.54. The lowest BCUT2D eigenvalue weighted by Crippen LogP contribution is -2.38. The molecule has 0 spiro atoms. The summed E-state index contributed by atoms with van der Waals surface area (Å²) in [6.07, 6.45) is 2.82. The average Bonchev–Trinajstić information content (AvgIpc) is 2.71. The van der Waals surface area contributed by atoms with Crippen LogP contribution < -0.4 is 0 Å². The van der Waals surface area contributed by atoms with Gasteiger partial charge in [-0.1, -0.05) is 6.92 Å². The van der Waals surface area contributed by atoms with Crippen LogP contribution in [0.15, 0.2) is 0 Å². The molecule has 0 aromatic heterocycles. The molecule has 3 aliphatic heterocycles. The Morgan fingerprint density at radius 1 is 1.00 bits per heavy atom. The molecule has 0 saturated carbocycles. The zero-order valence-corrected chi connectivity index (χ0v) is 12.4. The van der Waals surface area contributed by atoms with Crippen LogP contribution in [-0.4, -0.2) is 74.6 Å². The van der Waals surface area contributed by atoms with Gasteiger partial charge in [0.2, 0.25) is 0 Å². The van der Waals surface area contributed by atoms with Gasteiger partial charge in [0.1, 0.15) is 0 Å². The van der Waals surface area contributed by atoms with E-state index in [1.54, 1.807) is 0 Å². The lowest BCUT2D eigenvalue weighted by atomic mass is 9.83. The van der Waals surface area contributed by atoms with Gasteiger partial charge in [-0.15, -0.1) is 0 Å². The van der Waals surface area contributed by atoms with E-state index < -0.39 is 0 Å². The van der Waals surface area contributed by atoms with Crippen LogP contribution in [0.4, 0.5) is 0 Å². The fraction of sp³-hybridized carbons (Fsp3) is 1.00. The Balaban J connectivity index is 1.51. The number of likely N-dealkylation sites (tertiary alicyclic amines) is 3. The van der Waals surface area contributed by atoms with Crippen molar-refractivity contribution < 1.29 is 0 Å². The van der Waals surface area contributed by atoms with Crippen LogP contribution in [0.1, 0.15) is 19.8 Å². The van der Waals surface area contributed by atoms with Crippen molar-refractivity contribution in [3.8, 4) is 0 Å². The topological polar surface area (TPSA) is 9.72 Å². The second-order valence-corrected chi connectivity index (χ2v) is 7.49. The quantitative estimate of drug-likeness (QED) is 0.730. The summed E-state index contributed by atoms with van der Waals surface area (Å²) < 4.78 is 0. The van der Waals surface area contributed by atoms with E-state index in [1.165, 1.54) is 58.7 Å². The maximum absolute atomic E-state index is 2.77. The zero-order valence-electron chi connectivity index (χ0n) is 12.4. The molecule has 3 nitrogen and oxygen atoms in total. The highest BCUT2D eigenvalue weighted by atomic mass is 15.2. The highest BCUT2D eigenvalue weighted by Gasteiger charge is 2.48. The van der Waals surface area contributed by atoms with Crippen LogP contribution in [0.3, 0.4) is 0 Å². The number of nitrogens with zero attached hydrogens (tertiary/aromatic N) is 3. The van der Waals surface area contributed by atoms with Crippen molar-refractivity contribution in [1.82, 2.24) is 14.7 Å². The number of rotatable bonds is 2. The molecule has 2 unspecified atom stereocenters. The van der Waals surface area contributed by atoms with Crippen LogP contribution >= 0.6 is 0 Å². The molecule has 0 aliphatic carbocycles. The number of hydrogen-bond acceptors (Lipinski definition) is 3. The van der Waals surface area contributed by atoms with Gasteiger partial charge >= 0.3 is 0 Å². The maximum atomic E-state index is 2.77. The Kier molecular flexibility index (Phi) is 3.41. The summed E-state index contributed by atoms with van der Waals surface area (Å²) in [5.74, 6) is 1.88. The minimum absolute atomic E-state index is 0.584. The van der Waals surface area contributed by atoms with Crippen LogP contribution in [0.2, 0.25) is 0 Å². The third-order valence-electron chi connectivity index (χ3n) is 5.57. The molecule has 104 valence electrons. The maximum Gasteiger partial charge on any atom is 0.00515 e. The number of fused-ring (bicyclic) bond motifs is 1. The van der Waals surface area contributed by atoms with Gasteiger partial charge in [0.25, 0.3) is 0 Å². The molecule has 3 rings (SSSR count). The van der Waals surface area contributed by atoms with Crippen molar-refractivity contribution in [2.24, 2.45) is 17.3 Å². The monoisotopic (exact) mass is 251 g/mol. The van der Waals surface area contributed by atoms with Crippen molar-refractivity contribution in [3.63, 3.8) is 0 Å². The van der Waals surface area contributed by atoms with E-state index in [1.807, 2.05) is 0 Å². The first kappa shape index (κ1) is 12.9. The molecule has 0 aromatic carbocycles. The molecular weight excluding hydrogens is 222 g/mol. The van der Waals surface area contributed by atoms with Gasteiger partial charge in [-0.2, -0.15) is 0 Å². The Hall–Kier alpha value is -0.120. The Morgan fingerprint density at radius 3 is 2.39 bits per heavy atom. The molecule has 0 bridgehead atoms. The van der Waals surface area contributed by atoms with Gasteiger partial charge in [-0.3, -0.25) is 0 Å². The molecule has 3 heteroatoms.